The predicted molar refractivity (Wildman–Crippen MR) is 56.2 cm³/mol. The van der Waals surface area contributed by atoms with Crippen LogP contribution in [0.4, 0.5) is 0 Å². The molecule has 1 aromatic carbocycles. The second-order valence-corrected chi connectivity index (χ2v) is 3.69. The third-order valence-electron chi connectivity index (χ3n) is 2.17. The monoisotopic (exact) mass is 215 g/mol. The molecule has 0 fully saturated rings. The van der Waals surface area contributed by atoms with Crippen molar-refractivity contribution in [2.24, 2.45) is 5.73 Å². The summed E-state index contributed by atoms with van der Waals surface area (Å²) in [5, 5.41) is 19.6. The smallest absolute Gasteiger partial charge is 0.106 e. The van der Waals surface area contributed by atoms with E-state index in [1.165, 1.54) is 0 Å². The number of benzene rings is 1. The van der Waals surface area contributed by atoms with Crippen molar-refractivity contribution in [1.29, 1.82) is 0 Å². The Morgan fingerprint density at radius 1 is 1.43 bits per heavy atom. The Morgan fingerprint density at radius 3 is 2.64 bits per heavy atom. The third-order valence-corrected chi connectivity index (χ3v) is 2.40. The predicted octanol–water partition coefficient (Wildman–Crippen LogP) is 1.00. The van der Waals surface area contributed by atoms with Crippen LogP contribution in [0.5, 0.6) is 0 Å². The van der Waals surface area contributed by atoms with Gasteiger partial charge in [-0.15, -0.1) is 0 Å². The molecular formula is C10H14ClNO2. The minimum absolute atomic E-state index is 0.0210. The van der Waals surface area contributed by atoms with E-state index in [1.807, 2.05) is 6.92 Å². The molecule has 4 heteroatoms. The van der Waals surface area contributed by atoms with E-state index in [2.05, 4.69) is 0 Å². The van der Waals surface area contributed by atoms with Gasteiger partial charge < -0.3 is 15.9 Å². The molecule has 78 valence electrons. The topological polar surface area (TPSA) is 66.5 Å². The van der Waals surface area contributed by atoms with Crippen LogP contribution in [-0.4, -0.2) is 22.9 Å². The molecule has 14 heavy (non-hydrogen) atoms. The van der Waals surface area contributed by atoms with Gasteiger partial charge in [0, 0.05) is 11.6 Å². The average Bonchev–Trinajstić information content (AvgIpc) is 2.19. The van der Waals surface area contributed by atoms with E-state index in [0.29, 0.717) is 10.6 Å². The molecule has 1 rings (SSSR count). The summed E-state index contributed by atoms with van der Waals surface area (Å²) in [4.78, 5) is 0. The molecule has 0 bridgehead atoms. The van der Waals surface area contributed by atoms with Crippen molar-refractivity contribution in [2.75, 3.05) is 6.54 Å². The zero-order valence-electron chi connectivity index (χ0n) is 7.94. The average molecular weight is 216 g/mol. The number of rotatable bonds is 3. The summed E-state index contributed by atoms with van der Waals surface area (Å²) >= 11 is 5.78. The fourth-order valence-corrected chi connectivity index (χ4v) is 1.45. The number of aliphatic hydroxyl groups is 2. The van der Waals surface area contributed by atoms with Gasteiger partial charge in [-0.2, -0.15) is 0 Å². The van der Waals surface area contributed by atoms with E-state index in [9.17, 15) is 10.2 Å². The molecule has 0 saturated carbocycles. The van der Waals surface area contributed by atoms with Crippen LogP contribution in [0.3, 0.4) is 0 Å². The first-order valence-corrected chi connectivity index (χ1v) is 4.76. The molecule has 2 atom stereocenters. The van der Waals surface area contributed by atoms with Crippen LogP contribution in [-0.2, 0) is 0 Å². The lowest BCUT2D eigenvalue weighted by Crippen LogP contribution is -2.27. The van der Waals surface area contributed by atoms with Gasteiger partial charge in [-0.05, 0) is 30.2 Å². The van der Waals surface area contributed by atoms with Crippen molar-refractivity contribution in [1.82, 2.24) is 0 Å². The van der Waals surface area contributed by atoms with Gasteiger partial charge in [0.25, 0.3) is 0 Å². The maximum absolute atomic E-state index is 9.71. The van der Waals surface area contributed by atoms with E-state index in [4.69, 9.17) is 17.3 Å². The Hall–Kier alpha value is -0.610. The maximum Gasteiger partial charge on any atom is 0.106 e. The van der Waals surface area contributed by atoms with E-state index >= 15 is 0 Å². The summed E-state index contributed by atoms with van der Waals surface area (Å²) in [6, 6.07) is 5.17. The number of hydrogen-bond acceptors (Lipinski definition) is 3. The number of halogens is 1. The normalized spacial score (nSPS) is 15.2. The molecule has 0 heterocycles. The molecule has 2 unspecified atom stereocenters. The standard InChI is InChI=1S/C10H14ClNO2/c1-6-2-3-7(11)4-8(6)10(14)9(13)5-12/h2-4,9-10,13-14H,5,12H2,1H3. The highest BCUT2D eigenvalue weighted by Crippen LogP contribution is 2.23. The highest BCUT2D eigenvalue weighted by molar-refractivity contribution is 6.30. The SMILES string of the molecule is Cc1ccc(Cl)cc1C(O)C(O)CN. The Kier molecular flexibility index (Phi) is 3.89. The van der Waals surface area contributed by atoms with Gasteiger partial charge in [0.1, 0.15) is 6.10 Å². The largest absolute Gasteiger partial charge is 0.389 e. The van der Waals surface area contributed by atoms with Gasteiger partial charge >= 0.3 is 0 Å². The quantitative estimate of drug-likeness (QED) is 0.705. The second-order valence-electron chi connectivity index (χ2n) is 3.25. The summed E-state index contributed by atoms with van der Waals surface area (Å²) in [6.07, 6.45) is -1.93. The van der Waals surface area contributed by atoms with Crippen molar-refractivity contribution in [2.45, 2.75) is 19.1 Å². The van der Waals surface area contributed by atoms with Gasteiger partial charge in [-0.25, -0.2) is 0 Å². The first kappa shape index (κ1) is 11.5. The summed E-state index contributed by atoms with van der Waals surface area (Å²) in [6.45, 7) is 1.87. The van der Waals surface area contributed by atoms with Crippen LogP contribution in [0, 0.1) is 6.92 Å². The van der Waals surface area contributed by atoms with Crippen LogP contribution >= 0.6 is 11.6 Å². The van der Waals surface area contributed by atoms with Crippen molar-refractivity contribution in [3.63, 3.8) is 0 Å². The first-order valence-electron chi connectivity index (χ1n) is 4.38. The van der Waals surface area contributed by atoms with Gasteiger partial charge in [-0.3, -0.25) is 0 Å². The summed E-state index contributed by atoms with van der Waals surface area (Å²) in [5.41, 5.74) is 6.76. The minimum atomic E-state index is -0.973. The van der Waals surface area contributed by atoms with Crippen LogP contribution in [0.2, 0.25) is 5.02 Å². The fraction of sp³-hybridized carbons (Fsp3) is 0.400. The lowest BCUT2D eigenvalue weighted by atomic mass is 10.00. The summed E-state index contributed by atoms with van der Waals surface area (Å²) in [5.74, 6) is 0. The number of nitrogens with two attached hydrogens (primary N) is 1. The van der Waals surface area contributed by atoms with Gasteiger partial charge in [0.05, 0.1) is 6.10 Å². The summed E-state index contributed by atoms with van der Waals surface area (Å²) in [7, 11) is 0. The van der Waals surface area contributed by atoms with Gasteiger partial charge in [0.15, 0.2) is 0 Å². The molecule has 3 nitrogen and oxygen atoms in total. The molecule has 0 aromatic heterocycles. The van der Waals surface area contributed by atoms with E-state index in [-0.39, 0.29) is 6.54 Å². The lowest BCUT2D eigenvalue weighted by molar-refractivity contribution is 0.0240. The Labute approximate surface area is 88.1 Å². The second kappa shape index (κ2) is 4.75. The third kappa shape index (κ3) is 2.45. The molecular weight excluding hydrogens is 202 g/mol. The molecule has 0 spiro atoms. The van der Waals surface area contributed by atoms with E-state index in [0.717, 1.165) is 5.56 Å². The number of aryl methyl sites for hydroxylation is 1. The molecule has 0 aliphatic heterocycles. The highest BCUT2D eigenvalue weighted by atomic mass is 35.5. The van der Waals surface area contributed by atoms with Crippen molar-refractivity contribution < 1.29 is 10.2 Å². The molecule has 0 amide bonds. The zero-order valence-corrected chi connectivity index (χ0v) is 8.70. The van der Waals surface area contributed by atoms with Crippen molar-refractivity contribution >= 4 is 11.6 Å². The lowest BCUT2D eigenvalue weighted by Gasteiger charge is -2.18. The fourth-order valence-electron chi connectivity index (χ4n) is 1.27. The molecule has 0 aliphatic rings. The first-order chi connectivity index (χ1) is 6.56. The van der Waals surface area contributed by atoms with Gasteiger partial charge in [0.2, 0.25) is 0 Å². The number of hydrogen-bond donors (Lipinski definition) is 3. The van der Waals surface area contributed by atoms with Crippen LogP contribution in [0.1, 0.15) is 17.2 Å². The van der Waals surface area contributed by atoms with Crippen molar-refractivity contribution in [3.8, 4) is 0 Å². The number of aliphatic hydroxyl groups excluding tert-OH is 2. The van der Waals surface area contributed by atoms with Crippen LogP contribution < -0.4 is 5.73 Å². The molecule has 1 aromatic rings. The zero-order chi connectivity index (χ0) is 10.7. The molecule has 0 radical (unpaired) electrons. The highest BCUT2D eigenvalue weighted by Gasteiger charge is 2.18. The summed E-state index contributed by atoms with van der Waals surface area (Å²) < 4.78 is 0. The Bertz CT molecular complexity index is 317. The Morgan fingerprint density at radius 2 is 2.07 bits per heavy atom. The Balaban J connectivity index is 2.99. The van der Waals surface area contributed by atoms with Crippen LogP contribution in [0.15, 0.2) is 18.2 Å². The van der Waals surface area contributed by atoms with E-state index in [1.54, 1.807) is 18.2 Å². The maximum atomic E-state index is 9.71. The minimum Gasteiger partial charge on any atom is -0.389 e. The van der Waals surface area contributed by atoms with E-state index < -0.39 is 12.2 Å². The molecule has 4 N–H and O–H groups in total. The van der Waals surface area contributed by atoms with Gasteiger partial charge in [-0.1, -0.05) is 17.7 Å². The molecule has 0 aliphatic carbocycles. The molecule has 0 saturated heterocycles. The van der Waals surface area contributed by atoms with Crippen LogP contribution in [0.25, 0.3) is 0 Å². The van der Waals surface area contributed by atoms with Crippen molar-refractivity contribution in [3.05, 3.63) is 34.3 Å².